The second-order valence-corrected chi connectivity index (χ2v) is 13.1. The maximum Gasteiger partial charge on any atom is 0.412 e. The molecule has 4 atom stereocenters. The molecular weight excluding hydrogens is 592 g/mol. The van der Waals surface area contributed by atoms with E-state index >= 15 is 0 Å². The van der Waals surface area contributed by atoms with Gasteiger partial charge in [0, 0.05) is 31.9 Å². The van der Waals surface area contributed by atoms with Crippen LogP contribution in [0.1, 0.15) is 90.5 Å². The minimum atomic E-state index is -1.20. The number of amides is 1. The van der Waals surface area contributed by atoms with Gasteiger partial charge in [-0.05, 0) is 38.0 Å². The molecule has 1 aromatic carbocycles. The number of hydrogen-bond donors (Lipinski definition) is 1. The number of esters is 1. The Labute approximate surface area is 274 Å². The lowest BCUT2D eigenvalue weighted by Crippen LogP contribution is -2.47. The van der Waals surface area contributed by atoms with Gasteiger partial charge in [-0.15, -0.1) is 0 Å². The number of unbranched alkanes of at least 4 members (excludes halogenated alkanes) is 9. The Hall–Kier alpha value is -2.28. The van der Waals surface area contributed by atoms with Crippen molar-refractivity contribution in [2.45, 2.75) is 121 Å². The number of nitrogens with one attached hydrogen (secondary N) is 1. The molecular formula is C35H56N2O9. The van der Waals surface area contributed by atoms with Crippen LogP contribution in [-0.2, 0) is 44.4 Å². The van der Waals surface area contributed by atoms with Crippen LogP contribution in [0.25, 0.3) is 0 Å². The first kappa shape index (κ1) is 36.6. The van der Waals surface area contributed by atoms with Crippen LogP contribution in [0.5, 0.6) is 0 Å². The monoisotopic (exact) mass is 648 g/mol. The Kier molecular flexibility index (Phi) is 14.6. The maximum atomic E-state index is 13.2. The molecule has 0 unspecified atom stereocenters. The first-order chi connectivity index (χ1) is 22.2. The van der Waals surface area contributed by atoms with Gasteiger partial charge in [0.1, 0.15) is 12.7 Å². The molecule has 11 nitrogen and oxygen atoms in total. The van der Waals surface area contributed by atoms with Crippen LogP contribution >= 0.6 is 0 Å². The van der Waals surface area contributed by atoms with Crippen LogP contribution in [0.2, 0.25) is 0 Å². The molecule has 3 heterocycles. The first-order valence-electron chi connectivity index (χ1n) is 17.3. The molecule has 0 saturated carbocycles. The van der Waals surface area contributed by atoms with Crippen molar-refractivity contribution in [2.24, 2.45) is 0 Å². The number of methoxy groups -OCH3 is 1. The van der Waals surface area contributed by atoms with Gasteiger partial charge >= 0.3 is 12.1 Å². The molecule has 0 aromatic heterocycles. The molecule has 3 aliphatic heterocycles. The number of anilines is 1. The van der Waals surface area contributed by atoms with Crippen LogP contribution < -0.4 is 5.32 Å². The van der Waals surface area contributed by atoms with Gasteiger partial charge in [-0.3, -0.25) is 15.0 Å². The first-order valence-corrected chi connectivity index (χ1v) is 17.3. The fourth-order valence-electron chi connectivity index (χ4n) is 6.40. The molecule has 260 valence electrons. The third kappa shape index (κ3) is 11.2. The zero-order valence-electron chi connectivity index (χ0n) is 28.4. The zero-order valence-corrected chi connectivity index (χ0v) is 28.4. The number of morpholine rings is 1. The van der Waals surface area contributed by atoms with Crippen LogP contribution in [0.3, 0.4) is 0 Å². The van der Waals surface area contributed by atoms with E-state index in [0.29, 0.717) is 32.1 Å². The number of ether oxygens (including phenoxy) is 7. The fourth-order valence-corrected chi connectivity index (χ4v) is 6.40. The van der Waals surface area contributed by atoms with Gasteiger partial charge in [-0.25, -0.2) is 4.79 Å². The Bertz CT molecular complexity index is 1060. The second-order valence-electron chi connectivity index (χ2n) is 13.1. The summed E-state index contributed by atoms with van der Waals surface area (Å²) in [4.78, 5) is 27.1. The summed E-state index contributed by atoms with van der Waals surface area (Å²) in [6.45, 7) is 10.0. The van der Waals surface area contributed by atoms with E-state index in [1.807, 2.05) is 13.8 Å². The van der Waals surface area contributed by atoms with E-state index < -0.39 is 36.0 Å². The average Bonchev–Trinajstić information content (AvgIpc) is 3.44. The summed E-state index contributed by atoms with van der Waals surface area (Å²) >= 11 is 0. The zero-order chi connectivity index (χ0) is 32.8. The Balaban J connectivity index is 1.33. The number of nitrogens with zero attached hydrogens (tertiary/aromatic N) is 1. The second kappa shape index (κ2) is 18.3. The van der Waals surface area contributed by atoms with Crippen molar-refractivity contribution in [1.29, 1.82) is 0 Å². The molecule has 0 aliphatic carbocycles. The number of benzene rings is 1. The van der Waals surface area contributed by atoms with Gasteiger partial charge in [0.15, 0.2) is 18.0 Å². The smallest absolute Gasteiger partial charge is 0.412 e. The third-order valence-corrected chi connectivity index (χ3v) is 8.79. The Morgan fingerprint density at radius 1 is 0.935 bits per heavy atom. The predicted octanol–water partition coefficient (Wildman–Crippen LogP) is 5.84. The summed E-state index contributed by atoms with van der Waals surface area (Å²) in [6.07, 6.45) is 10.2. The van der Waals surface area contributed by atoms with Crippen molar-refractivity contribution in [3.63, 3.8) is 0 Å². The topological polar surface area (TPSA) is 114 Å². The van der Waals surface area contributed by atoms with E-state index in [0.717, 1.165) is 31.5 Å². The molecule has 1 N–H and O–H groups in total. The molecule has 0 spiro atoms. The summed E-state index contributed by atoms with van der Waals surface area (Å²) in [6, 6.07) is 6.97. The van der Waals surface area contributed by atoms with Gasteiger partial charge in [-0.2, -0.15) is 0 Å². The van der Waals surface area contributed by atoms with Crippen LogP contribution in [0, 0.1) is 0 Å². The normalized spacial score (nSPS) is 25.7. The quantitative estimate of drug-likeness (QED) is 0.145. The SMILES string of the molecule is CCCCCCCCCCCCOC[C@@]12O[C@@H](CN3CCOCC3)[C@@H](OC(=O)Nc3ccc(CC(=O)OC)cc3)[C@@H]1OC(C)(C)O2. The van der Waals surface area contributed by atoms with E-state index in [1.54, 1.807) is 24.3 Å². The predicted molar refractivity (Wildman–Crippen MR) is 174 cm³/mol. The minimum absolute atomic E-state index is 0.155. The van der Waals surface area contributed by atoms with Crippen LogP contribution in [-0.4, -0.2) is 100 Å². The lowest BCUT2D eigenvalue weighted by atomic mass is 10.0. The van der Waals surface area contributed by atoms with Crippen molar-refractivity contribution >= 4 is 17.7 Å². The molecule has 46 heavy (non-hydrogen) atoms. The summed E-state index contributed by atoms with van der Waals surface area (Å²) in [5, 5.41) is 2.80. The Morgan fingerprint density at radius 2 is 1.59 bits per heavy atom. The minimum Gasteiger partial charge on any atom is -0.469 e. The highest BCUT2D eigenvalue weighted by Crippen LogP contribution is 2.47. The highest BCUT2D eigenvalue weighted by molar-refractivity contribution is 5.85. The van der Waals surface area contributed by atoms with E-state index in [4.69, 9.17) is 33.2 Å². The molecule has 11 heteroatoms. The van der Waals surface area contributed by atoms with Crippen molar-refractivity contribution in [3.05, 3.63) is 29.8 Å². The van der Waals surface area contributed by atoms with Gasteiger partial charge < -0.3 is 33.2 Å². The van der Waals surface area contributed by atoms with E-state index in [-0.39, 0.29) is 19.0 Å². The fraction of sp³-hybridized carbons (Fsp3) is 0.771. The maximum absolute atomic E-state index is 13.2. The summed E-state index contributed by atoms with van der Waals surface area (Å²) < 4.78 is 41.9. The lowest BCUT2D eigenvalue weighted by molar-refractivity contribution is -0.279. The largest absolute Gasteiger partial charge is 0.469 e. The molecule has 0 bridgehead atoms. The third-order valence-electron chi connectivity index (χ3n) is 8.79. The molecule has 0 radical (unpaired) electrons. The molecule has 3 saturated heterocycles. The number of carbonyl (C=O) groups excluding carboxylic acids is 2. The van der Waals surface area contributed by atoms with Crippen LogP contribution in [0.4, 0.5) is 10.5 Å². The standard InChI is InChI=1S/C35H56N2O9/c1-5-6-7-8-9-10-11-12-13-14-21-42-26-35-32(45-34(2,3)46-35)31(29(44-35)25-37-19-22-41-23-20-37)43-33(39)36-28-17-15-27(16-18-28)24-30(38)40-4/h15-18,29,31-32H,5-14,19-26H2,1-4H3,(H,36,39)/t29-,31+,32-,35-/m0/s1. The van der Waals surface area contributed by atoms with Gasteiger partial charge in [0.05, 0.1) is 26.7 Å². The van der Waals surface area contributed by atoms with Crippen molar-refractivity contribution in [1.82, 2.24) is 4.90 Å². The summed E-state index contributed by atoms with van der Waals surface area (Å²) in [5.41, 5.74) is 1.32. The molecule has 1 amide bonds. The molecule has 1 aromatic rings. The highest BCUT2D eigenvalue weighted by atomic mass is 16.9. The van der Waals surface area contributed by atoms with E-state index in [2.05, 4.69) is 17.1 Å². The number of rotatable bonds is 19. The average molecular weight is 649 g/mol. The Morgan fingerprint density at radius 3 is 2.24 bits per heavy atom. The van der Waals surface area contributed by atoms with Gasteiger partial charge in [0.25, 0.3) is 0 Å². The number of fused-ring (bicyclic) bond motifs is 1. The molecule has 4 rings (SSSR count). The van der Waals surface area contributed by atoms with Crippen molar-refractivity contribution in [2.75, 3.05) is 58.5 Å². The lowest BCUT2D eigenvalue weighted by Gasteiger charge is -2.33. The van der Waals surface area contributed by atoms with E-state index in [1.165, 1.54) is 58.5 Å². The van der Waals surface area contributed by atoms with Crippen molar-refractivity contribution in [3.8, 4) is 0 Å². The van der Waals surface area contributed by atoms with E-state index in [9.17, 15) is 9.59 Å². The van der Waals surface area contributed by atoms with Gasteiger partial charge in [0.2, 0.25) is 5.79 Å². The molecule has 3 fully saturated rings. The van der Waals surface area contributed by atoms with Crippen LogP contribution in [0.15, 0.2) is 24.3 Å². The summed E-state index contributed by atoms with van der Waals surface area (Å²) in [7, 11) is 1.35. The molecule has 3 aliphatic rings. The number of carbonyl (C=O) groups is 2. The van der Waals surface area contributed by atoms with Crippen molar-refractivity contribution < 1.29 is 42.7 Å². The highest BCUT2D eigenvalue weighted by Gasteiger charge is 2.66. The van der Waals surface area contributed by atoms with Gasteiger partial charge in [-0.1, -0.05) is 76.8 Å². The summed E-state index contributed by atoms with van der Waals surface area (Å²) in [5.74, 6) is -2.47. The number of hydrogen-bond acceptors (Lipinski definition) is 10.